The maximum absolute atomic E-state index is 12.0. The van der Waals surface area contributed by atoms with Gasteiger partial charge in [-0.2, -0.15) is 0 Å². The first kappa shape index (κ1) is 11.9. The smallest absolute Gasteiger partial charge is 0.309 e. The highest BCUT2D eigenvalue weighted by Gasteiger charge is 2.23. The Balaban J connectivity index is 1.87. The van der Waals surface area contributed by atoms with Gasteiger partial charge in [-0.15, -0.1) is 0 Å². The number of hydrogen-bond acceptors (Lipinski definition) is 3. The lowest BCUT2D eigenvalue weighted by atomic mass is 10.2. The van der Waals surface area contributed by atoms with Crippen LogP contribution in [0.4, 0.5) is 0 Å². The van der Waals surface area contributed by atoms with E-state index in [4.69, 9.17) is 0 Å². The summed E-state index contributed by atoms with van der Waals surface area (Å²) < 4.78 is 1.13. The van der Waals surface area contributed by atoms with E-state index in [0.717, 1.165) is 16.8 Å². The van der Waals surface area contributed by atoms with E-state index < -0.39 is 0 Å². The average Bonchev–Trinajstić information content (AvgIpc) is 2.80. The first-order valence-electron chi connectivity index (χ1n) is 6.22. The van der Waals surface area contributed by atoms with E-state index >= 15 is 0 Å². The third-order valence-corrected chi connectivity index (χ3v) is 3.50. The van der Waals surface area contributed by atoms with Gasteiger partial charge in [0.2, 0.25) is 0 Å². The first-order chi connectivity index (χ1) is 9.15. The van der Waals surface area contributed by atoms with Gasteiger partial charge in [0.1, 0.15) is 0 Å². The Hall–Kier alpha value is -2.14. The van der Waals surface area contributed by atoms with Crippen LogP contribution in [-0.4, -0.2) is 14.5 Å². The second kappa shape index (κ2) is 4.51. The fourth-order valence-electron chi connectivity index (χ4n) is 2.47. The summed E-state index contributed by atoms with van der Waals surface area (Å²) in [7, 11) is 1.50. The van der Waals surface area contributed by atoms with Crippen LogP contribution in [0.3, 0.4) is 0 Å². The Bertz CT molecular complexity index is 716. The molecule has 3 rings (SSSR count). The van der Waals surface area contributed by atoms with E-state index in [9.17, 15) is 9.59 Å². The summed E-state index contributed by atoms with van der Waals surface area (Å²) in [5.74, 6) is 0. The van der Waals surface area contributed by atoms with Crippen molar-refractivity contribution in [3.63, 3.8) is 0 Å². The largest absolute Gasteiger partial charge is 0.328 e. The molecule has 0 radical (unpaired) electrons. The summed E-state index contributed by atoms with van der Waals surface area (Å²) in [5.41, 5.74) is 2.14. The van der Waals surface area contributed by atoms with E-state index in [1.165, 1.54) is 12.6 Å². The predicted octanol–water partition coefficient (Wildman–Crippen LogP) is 0.589. The van der Waals surface area contributed by atoms with Crippen molar-refractivity contribution in [3.05, 3.63) is 68.0 Å². The molecule has 0 fully saturated rings. The van der Waals surface area contributed by atoms with Gasteiger partial charge in [-0.25, -0.2) is 4.79 Å². The van der Waals surface area contributed by atoms with Crippen molar-refractivity contribution >= 4 is 0 Å². The summed E-state index contributed by atoms with van der Waals surface area (Å²) in [6.07, 6.45) is 0. The normalized spacial score (nSPS) is 14.6. The number of nitrogens with zero attached hydrogens (tertiary/aromatic N) is 2. The zero-order valence-corrected chi connectivity index (χ0v) is 10.7. The van der Waals surface area contributed by atoms with Crippen molar-refractivity contribution in [2.24, 2.45) is 7.05 Å². The standard InChI is InChI=1S/C14H15N3O2/c1-16-13(18)11-8-17(9-12(11)15-14(16)19)7-10-5-3-2-4-6-10/h2-6H,7-9H2,1H3,(H,15,19). The quantitative estimate of drug-likeness (QED) is 0.856. The van der Waals surface area contributed by atoms with Crippen LogP contribution in [0.2, 0.25) is 0 Å². The number of nitrogens with one attached hydrogen (secondary N) is 1. The number of benzene rings is 1. The molecular weight excluding hydrogens is 242 g/mol. The molecule has 1 aromatic heterocycles. The first-order valence-corrected chi connectivity index (χ1v) is 6.22. The molecule has 0 bridgehead atoms. The summed E-state index contributed by atoms with van der Waals surface area (Å²) >= 11 is 0. The van der Waals surface area contributed by atoms with E-state index in [-0.39, 0.29) is 11.2 Å². The Morgan fingerprint density at radius 1 is 1.16 bits per heavy atom. The molecule has 2 aromatic rings. The van der Waals surface area contributed by atoms with Gasteiger partial charge in [0.25, 0.3) is 5.56 Å². The average molecular weight is 257 g/mol. The van der Waals surface area contributed by atoms with Gasteiger partial charge in [-0.1, -0.05) is 30.3 Å². The highest BCUT2D eigenvalue weighted by atomic mass is 16.2. The lowest BCUT2D eigenvalue weighted by Gasteiger charge is -2.13. The maximum atomic E-state index is 12.0. The third kappa shape index (κ3) is 2.13. The van der Waals surface area contributed by atoms with E-state index in [2.05, 4.69) is 22.0 Å². The van der Waals surface area contributed by atoms with Crippen LogP contribution in [0.1, 0.15) is 16.8 Å². The molecule has 0 spiro atoms. The molecule has 0 aliphatic carbocycles. The molecule has 0 saturated carbocycles. The van der Waals surface area contributed by atoms with Gasteiger partial charge in [0.05, 0.1) is 5.56 Å². The maximum Gasteiger partial charge on any atom is 0.328 e. The minimum Gasteiger partial charge on any atom is -0.309 e. The Labute approximate surface area is 110 Å². The van der Waals surface area contributed by atoms with Crippen LogP contribution in [0, 0.1) is 0 Å². The molecule has 0 unspecified atom stereocenters. The van der Waals surface area contributed by atoms with Gasteiger partial charge in [-0.05, 0) is 5.56 Å². The highest BCUT2D eigenvalue weighted by Crippen LogP contribution is 2.18. The number of fused-ring (bicyclic) bond motifs is 1. The minimum absolute atomic E-state index is 0.186. The number of H-pyrrole nitrogens is 1. The topological polar surface area (TPSA) is 58.1 Å². The molecule has 5 nitrogen and oxygen atoms in total. The molecule has 1 N–H and O–H groups in total. The molecule has 2 heterocycles. The molecule has 0 atom stereocenters. The highest BCUT2D eigenvalue weighted by molar-refractivity contribution is 5.22. The van der Waals surface area contributed by atoms with E-state index in [0.29, 0.717) is 18.7 Å². The van der Waals surface area contributed by atoms with Crippen LogP contribution in [0.25, 0.3) is 0 Å². The van der Waals surface area contributed by atoms with Crippen molar-refractivity contribution in [2.75, 3.05) is 0 Å². The number of aromatic nitrogens is 2. The zero-order chi connectivity index (χ0) is 13.4. The van der Waals surface area contributed by atoms with Crippen molar-refractivity contribution in [1.82, 2.24) is 14.5 Å². The predicted molar refractivity (Wildman–Crippen MR) is 71.7 cm³/mol. The number of rotatable bonds is 2. The summed E-state index contributed by atoms with van der Waals surface area (Å²) in [6.45, 7) is 1.99. The van der Waals surface area contributed by atoms with E-state index in [1.54, 1.807) is 0 Å². The Morgan fingerprint density at radius 3 is 2.63 bits per heavy atom. The summed E-state index contributed by atoms with van der Waals surface area (Å²) in [4.78, 5) is 28.5. The summed E-state index contributed by atoms with van der Waals surface area (Å²) in [5, 5.41) is 0. The van der Waals surface area contributed by atoms with Crippen LogP contribution >= 0.6 is 0 Å². The lowest BCUT2D eigenvalue weighted by Crippen LogP contribution is -2.35. The van der Waals surface area contributed by atoms with Gasteiger partial charge < -0.3 is 4.98 Å². The SMILES string of the molecule is Cn1c(=O)[nH]c2c(c1=O)CN(Cc1ccccc1)C2. The molecule has 98 valence electrons. The fourth-order valence-corrected chi connectivity index (χ4v) is 2.47. The number of aromatic amines is 1. The Kier molecular flexibility index (Phi) is 2.83. The minimum atomic E-state index is -0.342. The molecule has 5 heteroatoms. The summed E-state index contributed by atoms with van der Waals surface area (Å²) in [6, 6.07) is 10.1. The monoisotopic (exact) mass is 257 g/mol. The van der Waals surface area contributed by atoms with Crippen molar-refractivity contribution in [1.29, 1.82) is 0 Å². The van der Waals surface area contributed by atoms with Crippen LogP contribution in [0.5, 0.6) is 0 Å². The lowest BCUT2D eigenvalue weighted by molar-refractivity contribution is 0.273. The molecular formula is C14H15N3O2. The van der Waals surface area contributed by atoms with Gasteiger partial charge in [0.15, 0.2) is 0 Å². The van der Waals surface area contributed by atoms with E-state index in [1.807, 2.05) is 18.2 Å². The van der Waals surface area contributed by atoms with Crippen molar-refractivity contribution < 1.29 is 0 Å². The van der Waals surface area contributed by atoms with Gasteiger partial charge >= 0.3 is 5.69 Å². The number of hydrogen-bond donors (Lipinski definition) is 1. The van der Waals surface area contributed by atoms with Crippen LogP contribution in [0.15, 0.2) is 39.9 Å². The molecule has 0 amide bonds. The fraction of sp³-hybridized carbons (Fsp3) is 0.286. The second-order valence-electron chi connectivity index (χ2n) is 4.88. The van der Waals surface area contributed by atoms with Crippen LogP contribution < -0.4 is 11.2 Å². The van der Waals surface area contributed by atoms with Gasteiger partial charge in [0, 0.05) is 32.4 Å². The zero-order valence-electron chi connectivity index (χ0n) is 10.7. The molecule has 1 aromatic carbocycles. The second-order valence-corrected chi connectivity index (χ2v) is 4.88. The Morgan fingerprint density at radius 2 is 1.89 bits per heavy atom. The molecule has 1 aliphatic heterocycles. The molecule has 1 aliphatic rings. The van der Waals surface area contributed by atoms with Crippen molar-refractivity contribution in [3.8, 4) is 0 Å². The molecule has 0 saturated heterocycles. The third-order valence-electron chi connectivity index (χ3n) is 3.50. The van der Waals surface area contributed by atoms with Gasteiger partial charge in [-0.3, -0.25) is 14.3 Å². The van der Waals surface area contributed by atoms with Crippen molar-refractivity contribution in [2.45, 2.75) is 19.6 Å². The van der Waals surface area contributed by atoms with Crippen LogP contribution in [-0.2, 0) is 26.7 Å². The molecule has 19 heavy (non-hydrogen) atoms.